The molecule has 0 radical (unpaired) electrons. The maximum atomic E-state index is 15.4. The highest BCUT2D eigenvalue weighted by molar-refractivity contribution is 5.95. The van der Waals surface area contributed by atoms with E-state index in [0.29, 0.717) is 22.8 Å². The van der Waals surface area contributed by atoms with Gasteiger partial charge in [0.2, 0.25) is 0 Å². The number of likely N-dealkylation sites (tertiary alicyclic amines) is 1. The van der Waals surface area contributed by atoms with Gasteiger partial charge in [-0.05, 0) is 70.0 Å². The highest BCUT2D eigenvalue weighted by atomic mass is 19.1. The second kappa shape index (κ2) is 9.79. The second-order valence-electron chi connectivity index (χ2n) is 9.63. The summed E-state index contributed by atoms with van der Waals surface area (Å²) in [7, 11) is 2.12. The first-order valence-corrected chi connectivity index (χ1v) is 12.5. The molecule has 2 aliphatic rings. The van der Waals surface area contributed by atoms with Crippen molar-refractivity contribution in [2.24, 2.45) is 0 Å². The van der Waals surface area contributed by atoms with Crippen molar-refractivity contribution >= 4 is 22.3 Å². The van der Waals surface area contributed by atoms with Gasteiger partial charge in [0, 0.05) is 30.4 Å². The summed E-state index contributed by atoms with van der Waals surface area (Å²) in [6.45, 7) is 12.7. The number of nitrogens with zero attached hydrogens (tertiary/aromatic N) is 5. The van der Waals surface area contributed by atoms with E-state index < -0.39 is 0 Å². The van der Waals surface area contributed by atoms with Crippen LogP contribution in [-0.2, 0) is 0 Å². The van der Waals surface area contributed by atoms with E-state index in [9.17, 15) is 5.26 Å². The number of benzene rings is 2. The van der Waals surface area contributed by atoms with Gasteiger partial charge in [-0.1, -0.05) is 26.0 Å². The van der Waals surface area contributed by atoms with Gasteiger partial charge in [0.05, 0.1) is 34.6 Å². The number of rotatable bonds is 4. The van der Waals surface area contributed by atoms with Crippen LogP contribution in [0.5, 0.6) is 0 Å². The van der Waals surface area contributed by atoms with E-state index in [1.165, 1.54) is 0 Å². The number of halogens is 1. The largest absolute Gasteiger partial charge is 0.362 e. The quantitative estimate of drug-likeness (QED) is 0.520. The predicted octanol–water partition coefficient (Wildman–Crippen LogP) is 5.74. The molecule has 0 aliphatic carbocycles. The van der Waals surface area contributed by atoms with E-state index in [-0.39, 0.29) is 17.4 Å². The number of aromatic nitrogens is 2. The number of hydrogen-bond donors (Lipinski definition) is 1. The highest BCUT2D eigenvalue weighted by Crippen LogP contribution is 2.43. The first kappa shape index (κ1) is 24.9. The number of hydrogen-bond acceptors (Lipinski definition) is 6. The lowest BCUT2D eigenvalue weighted by Gasteiger charge is -2.52. The first-order valence-electron chi connectivity index (χ1n) is 12.5. The van der Waals surface area contributed by atoms with E-state index in [2.05, 4.69) is 38.4 Å². The van der Waals surface area contributed by atoms with Gasteiger partial charge in [-0.25, -0.2) is 4.39 Å². The van der Waals surface area contributed by atoms with Gasteiger partial charge in [-0.2, -0.15) is 10.4 Å². The lowest BCUT2D eigenvalue weighted by molar-refractivity contribution is 0.102. The summed E-state index contributed by atoms with van der Waals surface area (Å²) in [5.74, 6) is 0.427. The van der Waals surface area contributed by atoms with Gasteiger partial charge in [0.15, 0.2) is 5.82 Å². The van der Waals surface area contributed by atoms with Gasteiger partial charge >= 0.3 is 0 Å². The Labute approximate surface area is 207 Å². The Morgan fingerprint density at radius 3 is 2.57 bits per heavy atom. The van der Waals surface area contributed by atoms with Crippen molar-refractivity contribution in [3.63, 3.8) is 0 Å². The zero-order valence-corrected chi connectivity index (χ0v) is 21.6. The van der Waals surface area contributed by atoms with Crippen LogP contribution in [0.25, 0.3) is 10.8 Å². The Bertz CT molecular complexity index is 1270. The van der Waals surface area contributed by atoms with Crippen LogP contribution in [0.4, 0.5) is 15.9 Å². The van der Waals surface area contributed by atoms with Crippen LogP contribution in [0, 0.1) is 31.0 Å². The maximum Gasteiger partial charge on any atom is 0.157 e. The summed E-state index contributed by atoms with van der Waals surface area (Å²) in [6.07, 6.45) is 2.18. The molecule has 1 atom stereocenters. The van der Waals surface area contributed by atoms with Crippen LogP contribution < -0.4 is 10.2 Å². The normalized spacial score (nSPS) is 17.5. The fraction of sp³-hybridized carbons (Fsp3) is 0.464. The molecule has 1 N–H and O–H groups in total. The number of likely N-dealkylation sites (N-methyl/N-ethyl adjacent to an activating group) is 1. The monoisotopic (exact) mass is 474 g/mol. The molecule has 5 rings (SSSR count). The standard InChI is InChI=1S/C26H29FN6.C2H6/c1-16-19(13-28)7-5-8-20(16)17(2)29-25-22-12-24(23(27)11-21(22)18(3)30-31-25)33-10-6-9-26(33)14-32(4)15-26;1-2/h5,7-8,11-12,17H,6,9-10,14-15H2,1-4H3,(H,29,31);1-2H3/t17-;/m1./s1. The van der Waals surface area contributed by atoms with E-state index in [4.69, 9.17) is 0 Å². The summed E-state index contributed by atoms with van der Waals surface area (Å²) in [6, 6.07) is 11.5. The average molecular weight is 475 g/mol. The molecule has 7 heteroatoms. The Balaban J connectivity index is 0.00000141. The van der Waals surface area contributed by atoms with Crippen molar-refractivity contribution in [3.05, 3.63) is 58.5 Å². The minimum absolute atomic E-state index is 0.0362. The number of fused-ring (bicyclic) bond motifs is 1. The molecule has 2 aliphatic heterocycles. The topological polar surface area (TPSA) is 68.1 Å². The average Bonchev–Trinajstić information content (AvgIpc) is 3.26. The molecular weight excluding hydrogens is 439 g/mol. The van der Waals surface area contributed by atoms with E-state index in [1.54, 1.807) is 6.07 Å². The van der Waals surface area contributed by atoms with E-state index in [1.807, 2.05) is 58.9 Å². The molecule has 1 spiro atoms. The minimum atomic E-state index is -0.203. The Hall–Kier alpha value is -3.24. The van der Waals surface area contributed by atoms with E-state index >= 15 is 4.39 Å². The lowest BCUT2D eigenvalue weighted by atomic mass is 9.87. The SMILES string of the molecule is CC.Cc1c(C#N)cccc1[C@@H](C)Nc1nnc(C)c2cc(F)c(N3CCCC34CN(C)C4)cc12. The molecule has 0 amide bonds. The molecule has 2 saturated heterocycles. The third kappa shape index (κ3) is 4.32. The summed E-state index contributed by atoms with van der Waals surface area (Å²) in [5.41, 5.74) is 4.03. The van der Waals surface area contributed by atoms with Gasteiger partial charge in [0.1, 0.15) is 5.82 Å². The fourth-order valence-electron chi connectivity index (χ4n) is 5.73. The number of aryl methyl sites for hydroxylation is 1. The van der Waals surface area contributed by atoms with Crippen molar-refractivity contribution in [3.8, 4) is 6.07 Å². The van der Waals surface area contributed by atoms with Crippen molar-refractivity contribution in [2.45, 2.75) is 59.0 Å². The van der Waals surface area contributed by atoms with Gasteiger partial charge in [-0.15, -0.1) is 5.10 Å². The van der Waals surface area contributed by atoms with E-state index in [0.717, 1.165) is 54.4 Å². The molecule has 2 aromatic carbocycles. The van der Waals surface area contributed by atoms with Crippen molar-refractivity contribution in [1.29, 1.82) is 5.26 Å². The fourth-order valence-corrected chi connectivity index (χ4v) is 5.73. The van der Waals surface area contributed by atoms with Crippen molar-refractivity contribution < 1.29 is 4.39 Å². The highest BCUT2D eigenvalue weighted by Gasteiger charge is 2.49. The predicted molar refractivity (Wildman–Crippen MR) is 140 cm³/mol. The molecule has 184 valence electrons. The minimum Gasteiger partial charge on any atom is -0.362 e. The Morgan fingerprint density at radius 2 is 1.89 bits per heavy atom. The zero-order valence-electron chi connectivity index (χ0n) is 21.6. The summed E-state index contributed by atoms with van der Waals surface area (Å²) in [4.78, 5) is 4.56. The van der Waals surface area contributed by atoms with Crippen LogP contribution in [0.3, 0.4) is 0 Å². The third-order valence-corrected chi connectivity index (χ3v) is 7.36. The maximum absolute atomic E-state index is 15.4. The van der Waals surface area contributed by atoms with Crippen LogP contribution in [-0.4, -0.2) is 47.3 Å². The number of nitrogens with one attached hydrogen (secondary N) is 1. The van der Waals surface area contributed by atoms with Gasteiger partial charge in [-0.3, -0.25) is 0 Å². The molecular formula is C28H35FN6. The van der Waals surface area contributed by atoms with Gasteiger partial charge in [0.25, 0.3) is 0 Å². The van der Waals surface area contributed by atoms with Gasteiger partial charge < -0.3 is 15.1 Å². The first-order chi connectivity index (χ1) is 16.8. The van der Waals surface area contributed by atoms with Crippen molar-refractivity contribution in [1.82, 2.24) is 15.1 Å². The Morgan fingerprint density at radius 1 is 1.14 bits per heavy atom. The molecule has 3 heterocycles. The number of anilines is 2. The number of nitriles is 1. The van der Waals surface area contributed by atoms with Crippen LogP contribution in [0.2, 0.25) is 0 Å². The summed E-state index contributed by atoms with van der Waals surface area (Å²) in [5, 5.41) is 23.3. The second-order valence-corrected chi connectivity index (χ2v) is 9.63. The van der Waals surface area contributed by atoms with Crippen LogP contribution in [0.1, 0.15) is 62.0 Å². The molecule has 6 nitrogen and oxygen atoms in total. The molecule has 35 heavy (non-hydrogen) atoms. The van der Waals surface area contributed by atoms with Crippen molar-refractivity contribution in [2.75, 3.05) is 36.9 Å². The zero-order chi connectivity index (χ0) is 25.3. The van der Waals surface area contributed by atoms with Crippen LogP contribution >= 0.6 is 0 Å². The molecule has 0 unspecified atom stereocenters. The third-order valence-electron chi connectivity index (χ3n) is 7.36. The molecule has 2 fully saturated rings. The molecule has 1 aromatic heterocycles. The summed E-state index contributed by atoms with van der Waals surface area (Å²) < 4.78 is 15.4. The van der Waals surface area contributed by atoms with Crippen LogP contribution in [0.15, 0.2) is 30.3 Å². The molecule has 0 saturated carbocycles. The summed E-state index contributed by atoms with van der Waals surface area (Å²) >= 11 is 0. The molecule has 0 bridgehead atoms. The lowest BCUT2D eigenvalue weighted by Crippen LogP contribution is -2.66. The molecule has 3 aromatic rings. The Kier molecular flexibility index (Phi) is 6.95. The smallest absolute Gasteiger partial charge is 0.157 e.